The van der Waals surface area contributed by atoms with Crippen LogP contribution in [0.15, 0.2) is 5.16 Å². The standard InChI is InChI=1S/C11H22N4OS/c1-8(2)15-9(7-12)13-14-10(15)17-6-5-11(3,4)16/h8,16H,5-7,12H2,1-4H3. The lowest BCUT2D eigenvalue weighted by Gasteiger charge is -2.17. The van der Waals surface area contributed by atoms with Crippen molar-refractivity contribution in [1.29, 1.82) is 0 Å². The molecule has 0 bridgehead atoms. The number of thioether (sulfide) groups is 1. The van der Waals surface area contributed by atoms with Gasteiger partial charge in [-0.25, -0.2) is 0 Å². The minimum absolute atomic E-state index is 0.299. The molecule has 0 unspecified atom stereocenters. The van der Waals surface area contributed by atoms with Crippen molar-refractivity contribution in [3.05, 3.63) is 5.82 Å². The average molecular weight is 258 g/mol. The Balaban J connectivity index is 2.68. The summed E-state index contributed by atoms with van der Waals surface area (Å²) in [7, 11) is 0. The second-order valence-corrected chi connectivity index (χ2v) is 6.04. The zero-order valence-electron chi connectivity index (χ0n) is 11.0. The number of nitrogens with zero attached hydrogens (tertiary/aromatic N) is 3. The Morgan fingerprint density at radius 3 is 2.53 bits per heavy atom. The van der Waals surface area contributed by atoms with Crippen LogP contribution in [-0.4, -0.2) is 31.2 Å². The number of aliphatic hydroxyl groups is 1. The van der Waals surface area contributed by atoms with E-state index in [0.717, 1.165) is 23.2 Å². The summed E-state index contributed by atoms with van der Waals surface area (Å²) >= 11 is 1.61. The van der Waals surface area contributed by atoms with E-state index in [4.69, 9.17) is 5.73 Å². The molecule has 0 fully saturated rings. The van der Waals surface area contributed by atoms with Crippen LogP contribution < -0.4 is 5.73 Å². The van der Waals surface area contributed by atoms with Gasteiger partial charge in [0.15, 0.2) is 5.16 Å². The third kappa shape index (κ3) is 4.29. The second kappa shape index (κ2) is 5.84. The Bertz CT molecular complexity index is 357. The molecule has 0 aliphatic carbocycles. The van der Waals surface area contributed by atoms with Gasteiger partial charge in [0, 0.05) is 11.8 Å². The predicted molar refractivity (Wildman–Crippen MR) is 69.9 cm³/mol. The monoisotopic (exact) mass is 258 g/mol. The van der Waals surface area contributed by atoms with Crippen LogP contribution in [0, 0.1) is 0 Å². The molecule has 0 atom stereocenters. The van der Waals surface area contributed by atoms with Crippen LogP contribution in [0.3, 0.4) is 0 Å². The summed E-state index contributed by atoms with van der Waals surface area (Å²) in [6.45, 7) is 8.19. The fourth-order valence-corrected chi connectivity index (χ4v) is 2.79. The van der Waals surface area contributed by atoms with Crippen LogP contribution in [-0.2, 0) is 6.54 Å². The summed E-state index contributed by atoms with van der Waals surface area (Å²) < 4.78 is 2.05. The van der Waals surface area contributed by atoms with Gasteiger partial charge in [-0.05, 0) is 34.1 Å². The van der Waals surface area contributed by atoms with Crippen LogP contribution >= 0.6 is 11.8 Å². The fraction of sp³-hybridized carbons (Fsp3) is 0.818. The topological polar surface area (TPSA) is 77.0 Å². The molecule has 0 radical (unpaired) electrons. The first-order valence-electron chi connectivity index (χ1n) is 5.84. The quantitative estimate of drug-likeness (QED) is 0.757. The normalized spacial score (nSPS) is 12.4. The summed E-state index contributed by atoms with van der Waals surface area (Å²) in [5, 5.41) is 18.7. The first-order valence-corrected chi connectivity index (χ1v) is 6.82. The van der Waals surface area contributed by atoms with Gasteiger partial charge in [0.1, 0.15) is 5.82 Å². The summed E-state index contributed by atoms with van der Waals surface area (Å²) in [5.41, 5.74) is 4.99. The summed E-state index contributed by atoms with van der Waals surface area (Å²) in [4.78, 5) is 0. The zero-order chi connectivity index (χ0) is 13.1. The van der Waals surface area contributed by atoms with Gasteiger partial charge in [-0.3, -0.25) is 0 Å². The van der Waals surface area contributed by atoms with Crippen LogP contribution in [0.25, 0.3) is 0 Å². The Hall–Kier alpha value is -0.590. The van der Waals surface area contributed by atoms with E-state index in [9.17, 15) is 5.11 Å². The van der Waals surface area contributed by atoms with E-state index in [1.54, 1.807) is 11.8 Å². The van der Waals surface area contributed by atoms with E-state index in [1.165, 1.54) is 0 Å². The molecule has 0 aromatic carbocycles. The minimum Gasteiger partial charge on any atom is -0.390 e. The van der Waals surface area contributed by atoms with Crippen LogP contribution in [0.5, 0.6) is 0 Å². The van der Waals surface area contributed by atoms with Crippen molar-refractivity contribution >= 4 is 11.8 Å². The van der Waals surface area contributed by atoms with E-state index in [0.29, 0.717) is 12.6 Å². The van der Waals surface area contributed by atoms with Gasteiger partial charge in [0.25, 0.3) is 0 Å². The van der Waals surface area contributed by atoms with Crippen LogP contribution in [0.4, 0.5) is 0 Å². The highest BCUT2D eigenvalue weighted by Crippen LogP contribution is 2.23. The van der Waals surface area contributed by atoms with Gasteiger partial charge in [-0.15, -0.1) is 10.2 Å². The van der Waals surface area contributed by atoms with Gasteiger partial charge in [0.2, 0.25) is 0 Å². The molecule has 0 saturated heterocycles. The Kier molecular flexibility index (Phi) is 4.97. The lowest BCUT2D eigenvalue weighted by atomic mass is 10.1. The maximum Gasteiger partial charge on any atom is 0.191 e. The SMILES string of the molecule is CC(C)n1c(CN)nnc1SCCC(C)(C)O. The lowest BCUT2D eigenvalue weighted by molar-refractivity contribution is 0.0777. The smallest absolute Gasteiger partial charge is 0.191 e. The van der Waals surface area contributed by atoms with E-state index >= 15 is 0 Å². The molecule has 1 rings (SSSR count). The largest absolute Gasteiger partial charge is 0.390 e. The summed E-state index contributed by atoms with van der Waals surface area (Å²) in [5.74, 6) is 1.63. The molecule has 1 heterocycles. The maximum atomic E-state index is 9.65. The van der Waals surface area contributed by atoms with Gasteiger partial charge >= 0.3 is 0 Å². The number of hydrogen-bond acceptors (Lipinski definition) is 5. The Labute approximate surface area is 107 Å². The van der Waals surface area contributed by atoms with Crippen molar-refractivity contribution in [2.24, 2.45) is 5.73 Å². The van der Waals surface area contributed by atoms with Gasteiger partial charge in [-0.1, -0.05) is 11.8 Å². The first-order chi connectivity index (χ1) is 7.85. The molecule has 0 saturated carbocycles. The number of aromatic nitrogens is 3. The van der Waals surface area contributed by atoms with Crippen molar-refractivity contribution < 1.29 is 5.11 Å². The molecule has 6 heteroatoms. The number of rotatable bonds is 6. The third-order valence-electron chi connectivity index (χ3n) is 2.38. The van der Waals surface area contributed by atoms with E-state index < -0.39 is 5.60 Å². The van der Waals surface area contributed by atoms with Crippen molar-refractivity contribution in [1.82, 2.24) is 14.8 Å². The second-order valence-electron chi connectivity index (χ2n) is 4.98. The molecule has 0 amide bonds. The molecule has 0 spiro atoms. The van der Waals surface area contributed by atoms with Crippen molar-refractivity contribution in [3.63, 3.8) is 0 Å². The van der Waals surface area contributed by atoms with Crippen LogP contribution in [0.1, 0.15) is 46.0 Å². The number of hydrogen-bond donors (Lipinski definition) is 2. The van der Waals surface area contributed by atoms with E-state index in [1.807, 2.05) is 13.8 Å². The number of nitrogens with two attached hydrogens (primary N) is 1. The molecule has 98 valence electrons. The van der Waals surface area contributed by atoms with Crippen molar-refractivity contribution in [3.8, 4) is 0 Å². The molecule has 1 aromatic heterocycles. The average Bonchev–Trinajstić information content (AvgIpc) is 2.58. The molecular formula is C11H22N4OS. The van der Waals surface area contributed by atoms with Gasteiger partial charge in [-0.2, -0.15) is 0 Å². The van der Waals surface area contributed by atoms with Crippen molar-refractivity contribution in [2.45, 2.75) is 57.5 Å². The van der Waals surface area contributed by atoms with Gasteiger partial charge < -0.3 is 15.4 Å². The molecule has 0 aliphatic rings. The highest BCUT2D eigenvalue weighted by atomic mass is 32.2. The third-order valence-corrected chi connectivity index (χ3v) is 3.32. The van der Waals surface area contributed by atoms with Crippen molar-refractivity contribution in [2.75, 3.05) is 5.75 Å². The summed E-state index contributed by atoms with van der Waals surface area (Å²) in [6, 6.07) is 0.299. The predicted octanol–water partition coefficient (Wildman–Crippen LogP) is 1.57. The highest BCUT2D eigenvalue weighted by Gasteiger charge is 2.16. The molecular weight excluding hydrogens is 236 g/mol. The highest BCUT2D eigenvalue weighted by molar-refractivity contribution is 7.99. The van der Waals surface area contributed by atoms with E-state index in [2.05, 4.69) is 28.6 Å². The Morgan fingerprint density at radius 1 is 1.41 bits per heavy atom. The molecule has 5 nitrogen and oxygen atoms in total. The van der Waals surface area contributed by atoms with E-state index in [-0.39, 0.29) is 0 Å². The zero-order valence-corrected chi connectivity index (χ0v) is 11.8. The minimum atomic E-state index is -0.633. The Morgan fingerprint density at radius 2 is 2.06 bits per heavy atom. The first kappa shape index (κ1) is 14.5. The lowest BCUT2D eigenvalue weighted by Crippen LogP contribution is -2.19. The summed E-state index contributed by atoms with van der Waals surface area (Å²) in [6.07, 6.45) is 0.723. The molecule has 1 aromatic rings. The van der Waals surface area contributed by atoms with Gasteiger partial charge in [0.05, 0.1) is 12.1 Å². The fourth-order valence-electron chi connectivity index (χ4n) is 1.46. The maximum absolute atomic E-state index is 9.65. The van der Waals surface area contributed by atoms with Crippen LogP contribution in [0.2, 0.25) is 0 Å². The molecule has 17 heavy (non-hydrogen) atoms. The molecule has 0 aliphatic heterocycles. The molecule has 3 N–H and O–H groups in total.